The summed E-state index contributed by atoms with van der Waals surface area (Å²) in [6, 6.07) is 1.05. The fraction of sp³-hybridized carbons (Fsp3) is 0.167. The molecule has 0 spiro atoms. The first-order valence-corrected chi connectivity index (χ1v) is 3.78. The molecule has 7 heteroatoms. The van der Waals surface area contributed by atoms with Crippen LogP contribution in [0.5, 0.6) is 11.6 Å². The molecule has 1 aromatic heterocycles. The topological polar surface area (TPSA) is 42.4 Å². The van der Waals surface area contributed by atoms with E-state index < -0.39 is 12.2 Å². The highest BCUT2D eigenvalue weighted by molar-refractivity contribution is 9.10. The minimum Gasteiger partial charge on any atom is -0.506 e. The largest absolute Gasteiger partial charge is 0.574 e. The molecular formula is C6H3BrF3NO2. The molecule has 0 atom stereocenters. The minimum atomic E-state index is -4.79. The molecule has 0 aliphatic heterocycles. The second-order valence-electron chi connectivity index (χ2n) is 2.03. The first-order valence-electron chi connectivity index (χ1n) is 2.99. The van der Waals surface area contributed by atoms with Crippen LogP contribution in [0.2, 0.25) is 0 Å². The Morgan fingerprint density at radius 3 is 2.54 bits per heavy atom. The van der Waals surface area contributed by atoms with Gasteiger partial charge in [-0.05, 0) is 15.9 Å². The number of alkyl halides is 3. The SMILES string of the molecule is Oc1cnc(OC(F)(F)F)c(Br)c1. The number of nitrogens with zero attached hydrogens (tertiary/aromatic N) is 1. The lowest BCUT2D eigenvalue weighted by molar-refractivity contribution is -0.276. The summed E-state index contributed by atoms with van der Waals surface area (Å²) in [5, 5.41) is 8.81. The first-order chi connectivity index (χ1) is 5.88. The van der Waals surface area contributed by atoms with E-state index in [-0.39, 0.29) is 10.2 Å². The number of hydrogen-bond acceptors (Lipinski definition) is 3. The Balaban J connectivity index is 2.90. The van der Waals surface area contributed by atoms with Crippen LogP contribution >= 0.6 is 15.9 Å². The summed E-state index contributed by atoms with van der Waals surface area (Å²) in [5.74, 6) is -0.883. The van der Waals surface area contributed by atoms with Gasteiger partial charge in [0.1, 0.15) is 5.75 Å². The van der Waals surface area contributed by atoms with E-state index in [9.17, 15) is 13.2 Å². The molecule has 1 rings (SSSR count). The van der Waals surface area contributed by atoms with Crippen LogP contribution < -0.4 is 4.74 Å². The van der Waals surface area contributed by atoms with Gasteiger partial charge in [0.05, 0.1) is 10.7 Å². The lowest BCUT2D eigenvalue weighted by Crippen LogP contribution is -2.18. The van der Waals surface area contributed by atoms with E-state index in [1.54, 1.807) is 0 Å². The summed E-state index contributed by atoms with van der Waals surface area (Å²) in [4.78, 5) is 3.22. The van der Waals surface area contributed by atoms with Crippen molar-refractivity contribution in [1.29, 1.82) is 0 Å². The van der Waals surface area contributed by atoms with Gasteiger partial charge in [-0.2, -0.15) is 0 Å². The fourth-order valence-electron chi connectivity index (χ4n) is 0.600. The van der Waals surface area contributed by atoms with Crippen molar-refractivity contribution in [2.24, 2.45) is 0 Å². The highest BCUT2D eigenvalue weighted by Gasteiger charge is 2.32. The van der Waals surface area contributed by atoms with E-state index >= 15 is 0 Å². The number of aromatic nitrogens is 1. The molecule has 0 aliphatic carbocycles. The molecule has 0 unspecified atom stereocenters. The Bertz CT molecular complexity index is 315. The zero-order chi connectivity index (χ0) is 10.1. The van der Waals surface area contributed by atoms with Crippen LogP contribution in [0.15, 0.2) is 16.7 Å². The molecule has 0 saturated carbocycles. The molecular weight excluding hydrogens is 255 g/mol. The van der Waals surface area contributed by atoms with Crippen LogP contribution in [0.25, 0.3) is 0 Å². The normalized spacial score (nSPS) is 11.4. The molecule has 1 aromatic rings. The molecule has 0 radical (unpaired) electrons. The highest BCUT2D eigenvalue weighted by Crippen LogP contribution is 2.30. The van der Waals surface area contributed by atoms with E-state index in [2.05, 4.69) is 25.7 Å². The predicted octanol–water partition coefficient (Wildman–Crippen LogP) is 2.45. The number of halogens is 4. The van der Waals surface area contributed by atoms with Gasteiger partial charge in [0.2, 0.25) is 5.88 Å². The van der Waals surface area contributed by atoms with Crippen molar-refractivity contribution in [3.8, 4) is 11.6 Å². The zero-order valence-corrected chi connectivity index (χ0v) is 7.56. The summed E-state index contributed by atoms with van der Waals surface area (Å²) in [7, 11) is 0. The van der Waals surface area contributed by atoms with Gasteiger partial charge < -0.3 is 9.84 Å². The summed E-state index contributed by atoms with van der Waals surface area (Å²) >= 11 is 2.75. The third-order valence-electron chi connectivity index (χ3n) is 1.01. The second-order valence-corrected chi connectivity index (χ2v) is 2.88. The maximum absolute atomic E-state index is 11.7. The molecule has 0 fully saturated rings. The van der Waals surface area contributed by atoms with Crippen molar-refractivity contribution in [2.45, 2.75) is 6.36 Å². The molecule has 72 valence electrons. The van der Waals surface area contributed by atoms with E-state index in [0.29, 0.717) is 0 Å². The molecule has 0 aliphatic rings. The van der Waals surface area contributed by atoms with Crippen LogP contribution in [-0.2, 0) is 0 Å². The predicted molar refractivity (Wildman–Crippen MR) is 40.3 cm³/mol. The van der Waals surface area contributed by atoms with E-state index in [1.807, 2.05) is 0 Å². The van der Waals surface area contributed by atoms with Crippen molar-refractivity contribution in [1.82, 2.24) is 4.98 Å². The van der Waals surface area contributed by atoms with Crippen molar-refractivity contribution in [2.75, 3.05) is 0 Å². The van der Waals surface area contributed by atoms with Crippen molar-refractivity contribution < 1.29 is 23.0 Å². The summed E-state index contributed by atoms with van der Waals surface area (Å²) in [6.45, 7) is 0. The smallest absolute Gasteiger partial charge is 0.506 e. The van der Waals surface area contributed by atoms with E-state index in [1.165, 1.54) is 0 Å². The fourth-order valence-corrected chi connectivity index (χ4v) is 1.02. The number of hydrogen-bond donors (Lipinski definition) is 1. The lowest BCUT2D eigenvalue weighted by atomic mass is 10.4. The first kappa shape index (κ1) is 10.1. The van der Waals surface area contributed by atoms with Gasteiger partial charge in [-0.15, -0.1) is 13.2 Å². The maximum atomic E-state index is 11.7. The lowest BCUT2D eigenvalue weighted by Gasteiger charge is -2.08. The molecule has 1 N–H and O–H groups in total. The Hall–Kier alpha value is -0.980. The van der Waals surface area contributed by atoms with Crippen LogP contribution in [0.3, 0.4) is 0 Å². The average molecular weight is 258 g/mol. The van der Waals surface area contributed by atoms with Crippen molar-refractivity contribution >= 4 is 15.9 Å². The Morgan fingerprint density at radius 1 is 1.46 bits per heavy atom. The molecule has 0 aromatic carbocycles. The van der Waals surface area contributed by atoms with E-state index in [4.69, 9.17) is 5.11 Å². The monoisotopic (exact) mass is 257 g/mol. The standard InChI is InChI=1S/C6H3BrF3NO2/c7-4-1-3(12)2-11-5(4)13-6(8,9)10/h1-2,12H. The quantitative estimate of drug-likeness (QED) is 0.841. The van der Waals surface area contributed by atoms with Gasteiger partial charge in [-0.3, -0.25) is 0 Å². The van der Waals surface area contributed by atoms with Gasteiger partial charge in [0.15, 0.2) is 0 Å². The molecule has 13 heavy (non-hydrogen) atoms. The summed E-state index contributed by atoms with van der Waals surface area (Å²) in [6.07, 6.45) is -3.93. The Labute approximate surface area is 79.3 Å². The van der Waals surface area contributed by atoms with Gasteiger partial charge in [0.25, 0.3) is 0 Å². The van der Waals surface area contributed by atoms with Crippen LogP contribution in [0.4, 0.5) is 13.2 Å². The molecule has 1 heterocycles. The highest BCUT2D eigenvalue weighted by atomic mass is 79.9. The molecule has 0 amide bonds. The maximum Gasteiger partial charge on any atom is 0.574 e. The third-order valence-corrected chi connectivity index (χ3v) is 1.57. The number of aromatic hydroxyl groups is 1. The number of ether oxygens (including phenoxy) is 1. The van der Waals surface area contributed by atoms with Crippen LogP contribution in [0.1, 0.15) is 0 Å². The molecule has 0 bridgehead atoms. The van der Waals surface area contributed by atoms with Crippen LogP contribution in [0, 0.1) is 0 Å². The molecule has 3 nitrogen and oxygen atoms in total. The minimum absolute atomic E-state index is 0.0650. The van der Waals surface area contributed by atoms with Gasteiger partial charge in [0, 0.05) is 6.07 Å². The van der Waals surface area contributed by atoms with Crippen molar-refractivity contribution in [3.05, 3.63) is 16.7 Å². The number of pyridine rings is 1. The zero-order valence-electron chi connectivity index (χ0n) is 5.97. The average Bonchev–Trinajstić information content (AvgIpc) is 1.93. The van der Waals surface area contributed by atoms with E-state index in [0.717, 1.165) is 12.3 Å². The summed E-state index contributed by atoms with van der Waals surface area (Å²) < 4.78 is 38.5. The number of rotatable bonds is 1. The Kier molecular flexibility index (Phi) is 2.65. The second kappa shape index (κ2) is 3.41. The van der Waals surface area contributed by atoms with Gasteiger partial charge >= 0.3 is 6.36 Å². The summed E-state index contributed by atoms with van der Waals surface area (Å²) in [5.41, 5.74) is 0. The Morgan fingerprint density at radius 2 is 2.08 bits per heavy atom. The molecule has 0 saturated heterocycles. The third kappa shape index (κ3) is 3.10. The van der Waals surface area contributed by atoms with Crippen LogP contribution in [-0.4, -0.2) is 16.5 Å². The van der Waals surface area contributed by atoms with Gasteiger partial charge in [-0.1, -0.05) is 0 Å². The van der Waals surface area contributed by atoms with Crippen molar-refractivity contribution in [3.63, 3.8) is 0 Å². The van der Waals surface area contributed by atoms with Gasteiger partial charge in [-0.25, -0.2) is 4.98 Å².